The minimum absolute atomic E-state index is 0.00233. The lowest BCUT2D eigenvalue weighted by molar-refractivity contribution is -0.144. The molecule has 0 radical (unpaired) electrons. The van der Waals surface area contributed by atoms with Crippen LogP contribution in [0.5, 0.6) is 0 Å². The van der Waals surface area contributed by atoms with Crippen molar-refractivity contribution in [2.45, 2.75) is 176 Å². The Morgan fingerprint density at radius 3 is 2.11 bits per heavy atom. The minimum Gasteiger partial charge on any atom is -0.372 e. The van der Waals surface area contributed by atoms with Crippen LogP contribution in [0, 0.1) is 34.4 Å². The largest absolute Gasteiger partial charge is 0.372 e. The van der Waals surface area contributed by atoms with Crippen molar-refractivity contribution in [3.8, 4) is 17.8 Å². The Balaban J connectivity index is 0.825. The topological polar surface area (TPSA) is 252 Å². The fraction of sp³-hybridized carbons (Fsp3) is 0.500. The number of nitrogens with zero attached hydrogens (tertiary/aromatic N) is 12. The first-order valence-electron chi connectivity index (χ1n) is 31.1. The van der Waals surface area contributed by atoms with Gasteiger partial charge >= 0.3 is 0 Å². The fourth-order valence-electron chi connectivity index (χ4n) is 15.0. The van der Waals surface area contributed by atoms with Crippen LogP contribution in [-0.2, 0) is 48.3 Å². The van der Waals surface area contributed by atoms with E-state index in [-0.39, 0.29) is 74.3 Å². The van der Waals surface area contributed by atoms with E-state index >= 15 is 14.4 Å². The molecule has 1 saturated carbocycles. The smallest absolute Gasteiger partial charge is 0.276 e. The van der Waals surface area contributed by atoms with Gasteiger partial charge in [0, 0.05) is 62.2 Å². The number of nitriles is 2. The molecule has 2 aromatic heterocycles. The van der Waals surface area contributed by atoms with Crippen molar-refractivity contribution in [2.24, 2.45) is 5.92 Å². The van der Waals surface area contributed by atoms with Crippen LogP contribution in [0.4, 0.5) is 15.8 Å². The van der Waals surface area contributed by atoms with Gasteiger partial charge in [-0.1, -0.05) is 80.5 Å². The zero-order valence-electron chi connectivity index (χ0n) is 49.5. The number of aryl methyl sites for hydroxylation is 2. The molecule has 20 nitrogen and oxygen atoms in total. The number of fused-ring (bicyclic) bond motifs is 4. The van der Waals surface area contributed by atoms with E-state index in [2.05, 4.69) is 80.7 Å². The number of aliphatic hydroxyl groups is 1. The summed E-state index contributed by atoms with van der Waals surface area (Å²) in [6, 6.07) is 17.0. The summed E-state index contributed by atoms with van der Waals surface area (Å²) in [4.78, 5) is 81.5. The van der Waals surface area contributed by atoms with Gasteiger partial charge in [0.15, 0.2) is 11.9 Å². The Hall–Kier alpha value is -8.40. The van der Waals surface area contributed by atoms with E-state index in [1.165, 1.54) is 40.0 Å². The molecular weight excluding hydrogens is 1100 g/mol. The average molecular weight is 1180 g/mol. The number of amides is 5. The number of nitrogens with one attached hydrogen (secondary N) is 2. The van der Waals surface area contributed by atoms with E-state index in [0.717, 1.165) is 84.8 Å². The molecule has 3 N–H and O–H groups in total. The van der Waals surface area contributed by atoms with E-state index in [1.807, 2.05) is 41.6 Å². The molecule has 8 aliphatic rings. The van der Waals surface area contributed by atoms with E-state index in [9.17, 15) is 29.6 Å². The third-order valence-electron chi connectivity index (χ3n) is 20.2. The molecular formula is C66H73FN14O6. The highest BCUT2D eigenvalue weighted by atomic mass is 19.1. The number of carbonyl (C=O) groups is 5. The third-order valence-corrected chi connectivity index (χ3v) is 20.2. The van der Waals surface area contributed by atoms with Crippen LogP contribution >= 0.6 is 0 Å². The molecule has 2 spiro atoms. The predicted octanol–water partition coefficient (Wildman–Crippen LogP) is 7.96. The van der Waals surface area contributed by atoms with Crippen molar-refractivity contribution in [3.05, 3.63) is 136 Å². The van der Waals surface area contributed by atoms with Crippen molar-refractivity contribution in [1.82, 2.24) is 49.6 Å². The summed E-state index contributed by atoms with van der Waals surface area (Å²) in [7, 11) is 0. The Morgan fingerprint density at radius 1 is 0.770 bits per heavy atom. The van der Waals surface area contributed by atoms with Gasteiger partial charge in [-0.3, -0.25) is 28.9 Å². The molecule has 8 atom stereocenters. The highest BCUT2D eigenvalue weighted by Gasteiger charge is 2.59. The van der Waals surface area contributed by atoms with E-state index in [4.69, 9.17) is 0 Å². The fourth-order valence-corrected chi connectivity index (χ4v) is 15.0. The van der Waals surface area contributed by atoms with Gasteiger partial charge in [0.25, 0.3) is 5.91 Å². The monoisotopic (exact) mass is 1180 g/mol. The number of benzene rings is 3. The quantitative estimate of drug-likeness (QED) is 0.120. The Bertz CT molecular complexity index is 3740. The van der Waals surface area contributed by atoms with Crippen LogP contribution < -0.4 is 10.6 Å². The molecule has 5 amide bonds. The van der Waals surface area contributed by atoms with Crippen LogP contribution in [0.2, 0.25) is 0 Å². The Kier molecular flexibility index (Phi) is 15.1. The summed E-state index contributed by atoms with van der Waals surface area (Å²) in [6.07, 6.45) is 18.2. The molecule has 8 heterocycles. The zero-order valence-corrected chi connectivity index (χ0v) is 49.5. The average Bonchev–Trinajstić information content (AvgIpc) is 1.59. The van der Waals surface area contributed by atoms with Crippen molar-refractivity contribution < 1.29 is 33.5 Å². The molecule has 450 valence electrons. The zero-order chi connectivity index (χ0) is 60.5. The van der Waals surface area contributed by atoms with Gasteiger partial charge in [-0.05, 0) is 146 Å². The number of allylic oxidation sites excluding steroid dienone is 3. The highest BCUT2D eigenvalue weighted by Crippen LogP contribution is 2.51. The summed E-state index contributed by atoms with van der Waals surface area (Å²) < 4.78 is 17.2. The van der Waals surface area contributed by atoms with Crippen molar-refractivity contribution in [1.29, 1.82) is 10.5 Å². The molecule has 21 heteroatoms. The molecule has 5 aromatic rings. The third kappa shape index (κ3) is 10.2. The van der Waals surface area contributed by atoms with Crippen LogP contribution in [0.3, 0.4) is 0 Å². The number of carbonyl (C=O) groups excluding carboxylic acids is 5. The van der Waals surface area contributed by atoms with E-state index in [0.29, 0.717) is 61.4 Å². The molecule has 6 aliphatic heterocycles. The second kappa shape index (κ2) is 22.7. The maximum atomic E-state index is 15.7. The van der Waals surface area contributed by atoms with Crippen molar-refractivity contribution >= 4 is 40.9 Å². The minimum atomic E-state index is -1.23. The molecule has 3 aromatic carbocycles. The molecule has 2 saturated heterocycles. The first-order chi connectivity index (χ1) is 42.0. The molecule has 13 rings (SSSR count). The lowest BCUT2D eigenvalue weighted by Gasteiger charge is -2.38. The Labute approximate surface area is 505 Å². The first-order valence-corrected chi connectivity index (χ1v) is 31.1. The summed E-state index contributed by atoms with van der Waals surface area (Å²) in [5.41, 5.74) is 4.54. The summed E-state index contributed by atoms with van der Waals surface area (Å²) in [5, 5.41) is 57.5. The molecule has 2 unspecified atom stereocenters. The predicted molar refractivity (Wildman–Crippen MR) is 318 cm³/mol. The van der Waals surface area contributed by atoms with Gasteiger partial charge in [0.05, 0.1) is 53.1 Å². The van der Waals surface area contributed by atoms with Crippen molar-refractivity contribution in [3.63, 3.8) is 0 Å². The summed E-state index contributed by atoms with van der Waals surface area (Å²) in [6.45, 7) is 6.74. The van der Waals surface area contributed by atoms with Gasteiger partial charge < -0.3 is 30.4 Å². The number of aromatic nitrogens is 6. The normalized spacial score (nSPS) is 27.9. The van der Waals surface area contributed by atoms with Crippen LogP contribution in [0.25, 0.3) is 5.69 Å². The van der Waals surface area contributed by atoms with Gasteiger partial charge in [-0.25, -0.2) is 13.8 Å². The Morgan fingerprint density at radius 2 is 1.45 bits per heavy atom. The maximum absolute atomic E-state index is 15.7. The van der Waals surface area contributed by atoms with Crippen LogP contribution in [-0.4, -0.2) is 135 Å². The number of aliphatic hydroxyl groups excluding tert-OH is 1. The number of hydrogen-bond acceptors (Lipinski definition) is 13. The molecule has 87 heavy (non-hydrogen) atoms. The second-order valence-corrected chi connectivity index (χ2v) is 26.2. The highest BCUT2D eigenvalue weighted by molar-refractivity contribution is 6.09. The lowest BCUT2D eigenvalue weighted by atomic mass is 9.71. The van der Waals surface area contributed by atoms with Gasteiger partial charge in [-0.2, -0.15) is 10.5 Å². The SMILES string of the molecule is CC(C)C[C@H]1C(=O)N2C[C@]3(C[C@H]2C#N)C(=O)Nc2cc(C4(C)C=CC(C[C@H]5C(=O)N6C[C@]7(C[C@H]6C#N)C(=O)Nc6ccc(cc67)CCCCCN5C(=O)c5cn(-c6ccc(F)cc6)nn5)=CC4)c(cc23)CCCCCN1C(O)c1cn(C2CCC2)nn1. The molecule has 3 fully saturated rings. The number of anilines is 2. The molecule has 2 aliphatic carbocycles. The van der Waals surface area contributed by atoms with Gasteiger partial charge in [-0.15, -0.1) is 10.2 Å². The molecule has 8 bridgehead atoms. The number of rotatable bonds is 10. The number of halogens is 1. The van der Waals surface area contributed by atoms with Gasteiger partial charge in [0.2, 0.25) is 23.6 Å². The van der Waals surface area contributed by atoms with Crippen LogP contribution in [0.1, 0.15) is 167 Å². The second-order valence-electron chi connectivity index (χ2n) is 26.2. The van der Waals surface area contributed by atoms with Gasteiger partial charge in [0.1, 0.15) is 29.6 Å². The van der Waals surface area contributed by atoms with Crippen molar-refractivity contribution in [2.75, 3.05) is 36.8 Å². The standard InChI is InChI=1S/C66H73FN14O6/c1-40(2)27-56-60(84)78-39-66(33-48(78)35-69)51-30-43(12-7-5-9-25-76(56)58(82)54-36-80(74-72-54)45-13-10-14-45)49(31-53(51)71-63(66)87)64(3)23-21-42(22-24-64)29-57-61(85)79-38-65(32-47(79)34-68)50-28-41(15-20-52(50)70-62(65)86)11-6-4-8-26-77(57)59(83)55-37-81(75-73-55)46-18-16-44(67)17-19-46/h15-23,28,30-31,36-37,40,45,47-48,56-58,82H,4-14,24-27,29,32-33,38-39H2,1-3H3,(H,70,86)(H,71,87)/t47-,48-,56-,57-,58?,64?,65-,66-/m0/s1. The first kappa shape index (κ1) is 57.7. The van der Waals surface area contributed by atoms with E-state index < -0.39 is 64.3 Å². The maximum Gasteiger partial charge on any atom is 0.276 e. The van der Waals surface area contributed by atoms with Crippen LogP contribution in [0.15, 0.2) is 90.8 Å². The summed E-state index contributed by atoms with van der Waals surface area (Å²) in [5.74, 6) is -2.21. The lowest BCUT2D eigenvalue weighted by Crippen LogP contribution is -2.53. The van der Waals surface area contributed by atoms with E-state index in [1.54, 1.807) is 16.0 Å². The summed E-state index contributed by atoms with van der Waals surface area (Å²) >= 11 is 0. The number of hydrogen-bond donors (Lipinski definition) is 3.